The number of H-pyrrole nitrogens is 2. The number of amidine groups is 2. The van der Waals surface area contributed by atoms with Gasteiger partial charge in [0, 0.05) is 40.7 Å². The second-order valence-electron chi connectivity index (χ2n) is 7.70. The lowest BCUT2D eigenvalue weighted by molar-refractivity contribution is -0.134. The highest BCUT2D eigenvalue weighted by Gasteiger charge is 2.13. The van der Waals surface area contributed by atoms with E-state index in [4.69, 9.17) is 37.2 Å². The third-order valence-electron chi connectivity index (χ3n) is 5.26. The molecule has 3 aromatic carbocycles. The predicted molar refractivity (Wildman–Crippen MR) is 134 cm³/mol. The molecule has 9 N–H and O–H groups in total. The molecule has 0 radical (unpaired) electrons. The van der Waals surface area contributed by atoms with E-state index in [0.29, 0.717) is 11.1 Å². The molecule has 0 aliphatic rings. The van der Waals surface area contributed by atoms with Crippen molar-refractivity contribution in [2.24, 2.45) is 11.5 Å². The van der Waals surface area contributed by atoms with Crippen LogP contribution in [0.3, 0.4) is 0 Å². The Morgan fingerprint density at radius 3 is 2.12 bits per heavy atom. The zero-order chi connectivity index (χ0) is 24.4. The number of imidazole rings is 1. The van der Waals surface area contributed by atoms with Crippen molar-refractivity contribution in [1.82, 2.24) is 15.0 Å². The van der Waals surface area contributed by atoms with Crippen LogP contribution in [0.4, 0.5) is 0 Å². The Morgan fingerprint density at radius 2 is 1.47 bits per heavy atom. The van der Waals surface area contributed by atoms with E-state index in [1.165, 1.54) is 0 Å². The molecule has 0 bridgehead atoms. The van der Waals surface area contributed by atoms with Gasteiger partial charge in [-0.1, -0.05) is 30.3 Å². The molecular weight excluding hydrogens is 430 g/mol. The molecular formula is C25H23N7O2. The van der Waals surface area contributed by atoms with Gasteiger partial charge >= 0.3 is 0 Å². The van der Waals surface area contributed by atoms with Gasteiger partial charge in [0.1, 0.15) is 17.5 Å². The summed E-state index contributed by atoms with van der Waals surface area (Å²) < 4.78 is 0. The van der Waals surface area contributed by atoms with Gasteiger partial charge in [-0.15, -0.1) is 0 Å². The molecule has 0 fully saturated rings. The summed E-state index contributed by atoms with van der Waals surface area (Å²) in [5, 5.41) is 23.6. The van der Waals surface area contributed by atoms with Crippen molar-refractivity contribution < 1.29 is 9.90 Å². The molecule has 9 nitrogen and oxygen atoms in total. The van der Waals surface area contributed by atoms with Crippen molar-refractivity contribution in [2.45, 2.75) is 6.92 Å². The minimum absolute atomic E-state index is 0.0222. The summed E-state index contributed by atoms with van der Waals surface area (Å²) in [5.74, 6) is -0.00209. The number of nitrogen functional groups attached to an aromatic ring is 2. The van der Waals surface area contributed by atoms with Crippen molar-refractivity contribution in [3.63, 3.8) is 0 Å². The fraction of sp³-hybridized carbons (Fsp3) is 0.0400. The number of fused-ring (bicyclic) bond motifs is 2. The summed E-state index contributed by atoms with van der Waals surface area (Å²) in [6.07, 6.45) is 1.94. The van der Waals surface area contributed by atoms with Gasteiger partial charge in [-0.25, -0.2) is 4.98 Å². The van der Waals surface area contributed by atoms with E-state index in [0.717, 1.165) is 51.4 Å². The number of aliphatic carboxylic acids is 1. The Labute approximate surface area is 194 Å². The monoisotopic (exact) mass is 453 g/mol. The van der Waals surface area contributed by atoms with Crippen molar-refractivity contribution in [3.05, 3.63) is 78.0 Å². The second-order valence-corrected chi connectivity index (χ2v) is 7.70. The lowest BCUT2D eigenvalue weighted by atomic mass is 10.0. The zero-order valence-corrected chi connectivity index (χ0v) is 18.3. The maximum Gasteiger partial charge on any atom is 0.300 e. The first-order valence-electron chi connectivity index (χ1n) is 10.3. The Bertz CT molecular complexity index is 1540. The molecule has 0 aliphatic heterocycles. The number of nitrogens with zero attached hydrogens (tertiary/aromatic N) is 1. The van der Waals surface area contributed by atoms with Crippen LogP contribution < -0.4 is 11.5 Å². The first-order valence-corrected chi connectivity index (χ1v) is 10.3. The van der Waals surface area contributed by atoms with Gasteiger partial charge in [-0.3, -0.25) is 15.6 Å². The number of hydrogen-bond acceptors (Lipinski definition) is 4. The van der Waals surface area contributed by atoms with E-state index < -0.39 is 5.97 Å². The van der Waals surface area contributed by atoms with Gasteiger partial charge in [0.25, 0.3) is 5.97 Å². The van der Waals surface area contributed by atoms with Gasteiger partial charge in [0.15, 0.2) is 0 Å². The van der Waals surface area contributed by atoms with Gasteiger partial charge in [0.05, 0.1) is 11.0 Å². The Morgan fingerprint density at radius 1 is 0.882 bits per heavy atom. The van der Waals surface area contributed by atoms with E-state index in [1.807, 2.05) is 54.7 Å². The molecule has 5 rings (SSSR count). The standard InChI is InChI=1S/C23H19N7.C2H4O2/c24-21(25)13-3-1-12(2-4-13)14-5-7-18-16(9-14)17(11-28-18)23-29-19-8-6-15(22(26)27)10-20(19)30-23;1-2(3)4/h1-11,28H,(H3,24,25)(H3,26,27)(H,29,30);1H3,(H,3,4). The van der Waals surface area contributed by atoms with Gasteiger partial charge < -0.3 is 26.5 Å². The molecule has 170 valence electrons. The number of carboxylic acids is 1. The van der Waals surface area contributed by atoms with Crippen molar-refractivity contribution in [3.8, 4) is 22.5 Å². The molecule has 0 unspecified atom stereocenters. The maximum atomic E-state index is 9.00. The van der Waals surface area contributed by atoms with Crippen molar-refractivity contribution in [2.75, 3.05) is 0 Å². The van der Waals surface area contributed by atoms with Crippen LogP contribution in [0.15, 0.2) is 66.9 Å². The Hall–Kier alpha value is -4.92. The number of rotatable bonds is 4. The molecule has 34 heavy (non-hydrogen) atoms. The van der Waals surface area contributed by atoms with Crippen molar-refractivity contribution in [1.29, 1.82) is 10.8 Å². The number of aromatic nitrogens is 3. The van der Waals surface area contributed by atoms with Crippen LogP contribution >= 0.6 is 0 Å². The summed E-state index contributed by atoms with van der Waals surface area (Å²) in [6.45, 7) is 1.08. The quantitative estimate of drug-likeness (QED) is 0.160. The molecule has 0 atom stereocenters. The average molecular weight is 454 g/mol. The number of hydrogen-bond donors (Lipinski definition) is 7. The largest absolute Gasteiger partial charge is 0.481 e. The van der Waals surface area contributed by atoms with Crippen LogP contribution in [0.25, 0.3) is 44.5 Å². The topological polar surface area (TPSA) is 182 Å². The van der Waals surface area contributed by atoms with Crippen LogP contribution in [0.2, 0.25) is 0 Å². The van der Waals surface area contributed by atoms with Crippen LogP contribution in [-0.2, 0) is 4.79 Å². The summed E-state index contributed by atoms with van der Waals surface area (Å²) in [5.41, 5.74) is 18.3. The van der Waals surface area contributed by atoms with Crippen LogP contribution in [0.5, 0.6) is 0 Å². The maximum absolute atomic E-state index is 9.00. The summed E-state index contributed by atoms with van der Waals surface area (Å²) in [6, 6.07) is 19.4. The van der Waals surface area contributed by atoms with E-state index in [9.17, 15) is 0 Å². The minimum atomic E-state index is -0.833. The number of nitrogens with two attached hydrogens (primary N) is 2. The lowest BCUT2D eigenvalue weighted by Crippen LogP contribution is -2.10. The van der Waals surface area contributed by atoms with Gasteiger partial charge in [-0.2, -0.15) is 0 Å². The zero-order valence-electron chi connectivity index (χ0n) is 18.3. The Kier molecular flexibility index (Phi) is 5.84. The predicted octanol–water partition coefficient (Wildman–Crippen LogP) is 4.04. The number of carbonyl (C=O) groups is 1. The highest BCUT2D eigenvalue weighted by atomic mass is 16.4. The van der Waals surface area contributed by atoms with Crippen molar-refractivity contribution >= 4 is 39.6 Å². The van der Waals surface area contributed by atoms with Crippen LogP contribution in [-0.4, -0.2) is 37.7 Å². The molecule has 0 saturated heterocycles. The first-order chi connectivity index (χ1) is 16.2. The highest BCUT2D eigenvalue weighted by Crippen LogP contribution is 2.32. The normalized spacial score (nSPS) is 10.6. The van der Waals surface area contributed by atoms with E-state index in [1.54, 1.807) is 0 Å². The fourth-order valence-electron chi connectivity index (χ4n) is 3.64. The number of aromatic amines is 2. The third kappa shape index (κ3) is 4.49. The number of benzene rings is 3. The van der Waals surface area contributed by atoms with Crippen LogP contribution in [0.1, 0.15) is 18.1 Å². The SMILES string of the molecule is CC(=O)O.N=C(N)c1ccc(-c2ccc3[nH]cc(-c4nc5cc(C(=N)N)ccc5[nH]4)c3c2)cc1. The Balaban J connectivity index is 0.000000636. The van der Waals surface area contributed by atoms with E-state index >= 15 is 0 Å². The fourth-order valence-corrected chi connectivity index (χ4v) is 3.64. The average Bonchev–Trinajstić information content (AvgIpc) is 3.41. The van der Waals surface area contributed by atoms with Gasteiger partial charge in [-0.05, 0) is 41.5 Å². The van der Waals surface area contributed by atoms with E-state index in [2.05, 4.69) is 22.1 Å². The molecule has 0 aliphatic carbocycles. The first kappa shape index (κ1) is 22.3. The second kappa shape index (κ2) is 8.91. The summed E-state index contributed by atoms with van der Waals surface area (Å²) >= 11 is 0. The van der Waals surface area contributed by atoms with Gasteiger partial charge in [0.2, 0.25) is 0 Å². The third-order valence-corrected chi connectivity index (χ3v) is 5.26. The smallest absolute Gasteiger partial charge is 0.300 e. The molecule has 0 saturated carbocycles. The molecule has 0 spiro atoms. The number of carboxylic acid groups (broad SMARTS) is 1. The number of nitrogens with one attached hydrogen (secondary N) is 4. The van der Waals surface area contributed by atoms with E-state index in [-0.39, 0.29) is 11.7 Å². The summed E-state index contributed by atoms with van der Waals surface area (Å²) in [7, 11) is 0. The minimum Gasteiger partial charge on any atom is -0.481 e. The lowest BCUT2D eigenvalue weighted by Gasteiger charge is -2.05. The molecule has 5 aromatic rings. The molecule has 2 aromatic heterocycles. The summed E-state index contributed by atoms with van der Waals surface area (Å²) in [4.78, 5) is 20.4. The molecule has 2 heterocycles. The van der Waals surface area contributed by atoms with Crippen LogP contribution in [0, 0.1) is 10.8 Å². The molecule has 0 amide bonds. The molecule has 9 heteroatoms. The highest BCUT2D eigenvalue weighted by molar-refractivity contribution is 6.00.